The summed E-state index contributed by atoms with van der Waals surface area (Å²) in [5.41, 5.74) is 0.178. The summed E-state index contributed by atoms with van der Waals surface area (Å²) in [6, 6.07) is -0.644. The van der Waals surface area contributed by atoms with Crippen molar-refractivity contribution in [1.82, 2.24) is 15.5 Å². The van der Waals surface area contributed by atoms with Crippen molar-refractivity contribution in [3.05, 3.63) is 0 Å². The van der Waals surface area contributed by atoms with Crippen LogP contribution in [0.2, 0.25) is 0 Å². The molecule has 0 bridgehead atoms. The zero-order valence-corrected chi connectivity index (χ0v) is 13.5. The van der Waals surface area contributed by atoms with Gasteiger partial charge in [-0.2, -0.15) is 0 Å². The summed E-state index contributed by atoms with van der Waals surface area (Å²) >= 11 is 1.84. The van der Waals surface area contributed by atoms with Crippen molar-refractivity contribution in [3.63, 3.8) is 0 Å². The summed E-state index contributed by atoms with van der Waals surface area (Å²) in [4.78, 5) is 26.6. The van der Waals surface area contributed by atoms with Crippen molar-refractivity contribution in [1.29, 1.82) is 0 Å². The third kappa shape index (κ3) is 3.28. The van der Waals surface area contributed by atoms with Crippen LogP contribution in [0.5, 0.6) is 0 Å². The summed E-state index contributed by atoms with van der Waals surface area (Å²) in [6.07, 6.45) is 1.76. The van der Waals surface area contributed by atoms with Gasteiger partial charge in [-0.3, -0.25) is 9.59 Å². The highest BCUT2D eigenvalue weighted by atomic mass is 32.2. The predicted octanol–water partition coefficient (Wildman–Crippen LogP) is 0.801. The Morgan fingerprint density at radius 3 is 2.85 bits per heavy atom. The van der Waals surface area contributed by atoms with E-state index in [-0.39, 0.29) is 34.7 Å². The van der Waals surface area contributed by atoms with E-state index in [1.807, 2.05) is 16.7 Å². The SMILES string of the molecule is CN[C@@H](C)C(=O)N[C@H]1CCS[C@H]2CC(C)(C)CN2C1=O. The molecule has 114 valence electrons. The minimum Gasteiger partial charge on any atom is -0.343 e. The van der Waals surface area contributed by atoms with Crippen molar-refractivity contribution in [3.8, 4) is 0 Å². The first-order valence-electron chi connectivity index (χ1n) is 7.24. The van der Waals surface area contributed by atoms with E-state index in [4.69, 9.17) is 0 Å². The Kier molecular flexibility index (Phi) is 4.64. The molecule has 3 atom stereocenters. The predicted molar refractivity (Wildman–Crippen MR) is 81.4 cm³/mol. The maximum Gasteiger partial charge on any atom is 0.246 e. The fourth-order valence-corrected chi connectivity index (χ4v) is 4.36. The Labute approximate surface area is 125 Å². The Balaban J connectivity index is 2.05. The van der Waals surface area contributed by atoms with Gasteiger partial charge in [0.25, 0.3) is 0 Å². The van der Waals surface area contributed by atoms with E-state index in [0.717, 1.165) is 25.1 Å². The highest BCUT2D eigenvalue weighted by molar-refractivity contribution is 7.99. The van der Waals surface area contributed by atoms with Crippen molar-refractivity contribution in [2.45, 2.75) is 51.1 Å². The van der Waals surface area contributed by atoms with Gasteiger partial charge in [0.05, 0.1) is 11.4 Å². The number of likely N-dealkylation sites (N-methyl/N-ethyl adjacent to an activating group) is 1. The van der Waals surface area contributed by atoms with Crippen LogP contribution >= 0.6 is 11.8 Å². The van der Waals surface area contributed by atoms with Crippen molar-refractivity contribution < 1.29 is 9.59 Å². The maximum atomic E-state index is 12.6. The van der Waals surface area contributed by atoms with Gasteiger partial charge < -0.3 is 15.5 Å². The molecule has 5 nitrogen and oxygen atoms in total. The van der Waals surface area contributed by atoms with Gasteiger partial charge in [-0.25, -0.2) is 0 Å². The number of nitrogens with zero attached hydrogens (tertiary/aromatic N) is 1. The molecule has 2 aliphatic rings. The van der Waals surface area contributed by atoms with Gasteiger partial charge in [-0.1, -0.05) is 13.8 Å². The molecule has 0 aromatic heterocycles. The number of thioether (sulfide) groups is 1. The molecule has 2 saturated heterocycles. The lowest BCUT2D eigenvalue weighted by Gasteiger charge is -2.26. The monoisotopic (exact) mass is 299 g/mol. The Morgan fingerprint density at radius 1 is 1.50 bits per heavy atom. The minimum atomic E-state index is -0.371. The molecule has 20 heavy (non-hydrogen) atoms. The average molecular weight is 299 g/mol. The second-order valence-electron chi connectivity index (χ2n) is 6.52. The molecule has 0 aliphatic carbocycles. The largest absolute Gasteiger partial charge is 0.343 e. The molecule has 0 aromatic rings. The van der Waals surface area contributed by atoms with Crippen LogP contribution < -0.4 is 10.6 Å². The second kappa shape index (κ2) is 5.93. The topological polar surface area (TPSA) is 61.4 Å². The summed E-state index contributed by atoms with van der Waals surface area (Å²) < 4.78 is 0. The zero-order valence-electron chi connectivity index (χ0n) is 12.7. The van der Waals surface area contributed by atoms with E-state index in [1.54, 1.807) is 14.0 Å². The van der Waals surface area contributed by atoms with Crippen molar-refractivity contribution >= 4 is 23.6 Å². The number of amides is 2. The molecule has 0 aromatic carbocycles. The molecule has 2 N–H and O–H groups in total. The van der Waals surface area contributed by atoms with Crippen LogP contribution in [0.4, 0.5) is 0 Å². The number of fused-ring (bicyclic) bond motifs is 1. The third-order valence-electron chi connectivity index (χ3n) is 4.11. The highest BCUT2D eigenvalue weighted by Gasteiger charge is 2.44. The molecule has 0 spiro atoms. The van der Waals surface area contributed by atoms with Gasteiger partial charge in [0.1, 0.15) is 6.04 Å². The van der Waals surface area contributed by atoms with Gasteiger partial charge in [0, 0.05) is 6.54 Å². The Bertz CT molecular complexity index is 400. The highest BCUT2D eigenvalue weighted by Crippen LogP contribution is 2.41. The summed E-state index contributed by atoms with van der Waals surface area (Å²) in [7, 11) is 1.74. The van der Waals surface area contributed by atoms with Crippen LogP contribution in [0.15, 0.2) is 0 Å². The normalized spacial score (nSPS) is 30.6. The molecule has 0 radical (unpaired) electrons. The van der Waals surface area contributed by atoms with E-state index in [9.17, 15) is 9.59 Å². The Morgan fingerprint density at radius 2 is 2.20 bits per heavy atom. The zero-order chi connectivity index (χ0) is 14.9. The standard InChI is InChI=1S/C14H25N3O2S/c1-9(15-4)12(18)16-10-5-6-20-11-7-14(2,3)8-17(11)13(10)19/h9-11,15H,5-8H2,1-4H3,(H,16,18)/t9-,10-,11-/m0/s1. The van der Waals surface area contributed by atoms with Crippen molar-refractivity contribution in [2.24, 2.45) is 5.41 Å². The lowest BCUT2D eigenvalue weighted by Crippen LogP contribution is -2.52. The van der Waals surface area contributed by atoms with Crippen LogP contribution in [0.25, 0.3) is 0 Å². The average Bonchev–Trinajstić information content (AvgIpc) is 2.63. The van der Waals surface area contributed by atoms with Crippen LogP contribution in [-0.2, 0) is 9.59 Å². The van der Waals surface area contributed by atoms with Gasteiger partial charge >= 0.3 is 0 Å². The lowest BCUT2D eigenvalue weighted by molar-refractivity contribution is -0.136. The van der Waals surface area contributed by atoms with Crippen LogP contribution in [0.1, 0.15) is 33.6 Å². The number of hydrogen-bond donors (Lipinski definition) is 2. The fraction of sp³-hybridized carbons (Fsp3) is 0.857. The van der Waals surface area contributed by atoms with Crippen LogP contribution in [0.3, 0.4) is 0 Å². The van der Waals surface area contributed by atoms with Gasteiger partial charge in [0.15, 0.2) is 0 Å². The number of carbonyl (C=O) groups is 2. The van der Waals surface area contributed by atoms with Gasteiger partial charge in [-0.15, -0.1) is 11.8 Å². The third-order valence-corrected chi connectivity index (χ3v) is 5.39. The van der Waals surface area contributed by atoms with Crippen molar-refractivity contribution in [2.75, 3.05) is 19.3 Å². The first-order chi connectivity index (χ1) is 9.34. The lowest BCUT2D eigenvalue weighted by atomic mass is 9.93. The molecule has 2 rings (SSSR count). The molecule has 2 heterocycles. The Hall–Kier alpha value is -0.750. The fourth-order valence-electron chi connectivity index (χ4n) is 2.79. The van der Waals surface area contributed by atoms with E-state index in [1.165, 1.54) is 0 Å². The number of hydrogen-bond acceptors (Lipinski definition) is 4. The van der Waals surface area contributed by atoms with Gasteiger partial charge in [0.2, 0.25) is 11.8 Å². The molecule has 0 saturated carbocycles. The summed E-state index contributed by atoms with van der Waals surface area (Å²) in [6.45, 7) is 6.99. The first-order valence-corrected chi connectivity index (χ1v) is 8.29. The molecular weight excluding hydrogens is 274 g/mol. The molecule has 6 heteroatoms. The number of nitrogens with one attached hydrogen (secondary N) is 2. The van der Waals surface area contributed by atoms with Gasteiger partial charge in [-0.05, 0) is 38.0 Å². The van der Waals surface area contributed by atoms with Crippen LogP contribution in [-0.4, -0.2) is 53.5 Å². The number of rotatable bonds is 3. The molecule has 2 fully saturated rings. The summed E-state index contributed by atoms with van der Waals surface area (Å²) in [5.74, 6) is 0.900. The molecule has 0 unspecified atom stereocenters. The minimum absolute atomic E-state index is 0.0854. The quantitative estimate of drug-likeness (QED) is 0.809. The van der Waals surface area contributed by atoms with E-state index in [2.05, 4.69) is 24.5 Å². The molecular formula is C14H25N3O2S. The van der Waals surface area contributed by atoms with E-state index < -0.39 is 0 Å². The second-order valence-corrected chi connectivity index (χ2v) is 7.81. The maximum absolute atomic E-state index is 12.6. The molecule has 2 amide bonds. The van der Waals surface area contributed by atoms with E-state index >= 15 is 0 Å². The molecule has 2 aliphatic heterocycles. The summed E-state index contributed by atoms with van der Waals surface area (Å²) in [5, 5.41) is 6.07. The van der Waals surface area contributed by atoms with Crippen LogP contribution in [0, 0.1) is 5.41 Å². The van der Waals surface area contributed by atoms with E-state index in [0.29, 0.717) is 0 Å². The number of carbonyl (C=O) groups excluding carboxylic acids is 2. The smallest absolute Gasteiger partial charge is 0.246 e. The first kappa shape index (κ1) is 15.6.